The molecule has 0 amide bonds. The van der Waals surface area contributed by atoms with Crippen molar-refractivity contribution in [1.82, 2.24) is 10.6 Å². The minimum atomic E-state index is -0.270. The second kappa shape index (κ2) is 11.7. The molecule has 1 atom stereocenters. The zero-order chi connectivity index (χ0) is 16.9. The number of hydrogen-bond acceptors (Lipinski definition) is 3. The Hall–Kier alpha value is -1.82. The summed E-state index contributed by atoms with van der Waals surface area (Å²) in [6.45, 7) is 9.55. The van der Waals surface area contributed by atoms with Gasteiger partial charge in [0.1, 0.15) is 17.7 Å². The lowest BCUT2D eigenvalue weighted by molar-refractivity contribution is 0.145. The lowest BCUT2D eigenvalue weighted by Crippen LogP contribution is -2.38. The number of rotatable bonds is 10. The lowest BCUT2D eigenvalue weighted by atomic mass is 10.3. The summed E-state index contributed by atoms with van der Waals surface area (Å²) >= 11 is 0. The van der Waals surface area contributed by atoms with Crippen LogP contribution in [-0.2, 0) is 4.74 Å². The highest BCUT2D eigenvalue weighted by molar-refractivity contribution is 5.79. The molecule has 1 rings (SSSR count). The maximum absolute atomic E-state index is 12.9. The van der Waals surface area contributed by atoms with Crippen molar-refractivity contribution >= 4 is 5.96 Å². The second-order valence-corrected chi connectivity index (χ2v) is 5.08. The lowest BCUT2D eigenvalue weighted by Gasteiger charge is -2.15. The highest BCUT2D eigenvalue weighted by atomic mass is 19.1. The van der Waals surface area contributed by atoms with Gasteiger partial charge < -0.3 is 20.1 Å². The van der Waals surface area contributed by atoms with Crippen molar-refractivity contribution in [3.8, 4) is 5.75 Å². The molecule has 1 aromatic carbocycles. The summed E-state index contributed by atoms with van der Waals surface area (Å²) in [5, 5.41) is 6.45. The van der Waals surface area contributed by atoms with Gasteiger partial charge in [-0.2, -0.15) is 0 Å². The van der Waals surface area contributed by atoms with Crippen LogP contribution in [0.5, 0.6) is 5.75 Å². The predicted molar refractivity (Wildman–Crippen MR) is 91.6 cm³/mol. The Bertz CT molecular complexity index is 452. The van der Waals surface area contributed by atoms with E-state index < -0.39 is 0 Å². The van der Waals surface area contributed by atoms with Gasteiger partial charge in [-0.05, 0) is 51.5 Å². The molecule has 1 aromatic rings. The zero-order valence-corrected chi connectivity index (χ0v) is 14.3. The summed E-state index contributed by atoms with van der Waals surface area (Å²) < 4.78 is 23.9. The van der Waals surface area contributed by atoms with Gasteiger partial charge in [-0.15, -0.1) is 0 Å². The van der Waals surface area contributed by atoms with Gasteiger partial charge in [0.05, 0.1) is 6.54 Å². The maximum Gasteiger partial charge on any atom is 0.191 e. The van der Waals surface area contributed by atoms with Crippen molar-refractivity contribution < 1.29 is 13.9 Å². The van der Waals surface area contributed by atoms with Crippen LogP contribution in [0.25, 0.3) is 0 Å². The Morgan fingerprint density at radius 1 is 1.22 bits per heavy atom. The van der Waals surface area contributed by atoms with Crippen LogP contribution in [0.3, 0.4) is 0 Å². The first-order valence-corrected chi connectivity index (χ1v) is 8.17. The number of ether oxygens (including phenoxy) is 2. The number of benzene rings is 1. The topological polar surface area (TPSA) is 54.9 Å². The molecule has 130 valence electrons. The molecule has 0 saturated heterocycles. The minimum Gasteiger partial charge on any atom is -0.489 e. The van der Waals surface area contributed by atoms with Gasteiger partial charge in [0, 0.05) is 26.3 Å². The first kappa shape index (κ1) is 19.2. The Morgan fingerprint density at radius 3 is 2.61 bits per heavy atom. The van der Waals surface area contributed by atoms with Gasteiger partial charge >= 0.3 is 0 Å². The summed E-state index contributed by atoms with van der Waals surface area (Å²) in [7, 11) is 0. The van der Waals surface area contributed by atoms with E-state index in [4.69, 9.17) is 9.47 Å². The molecule has 0 heterocycles. The van der Waals surface area contributed by atoms with E-state index in [0.717, 1.165) is 38.7 Å². The van der Waals surface area contributed by atoms with E-state index in [2.05, 4.69) is 15.6 Å². The Morgan fingerprint density at radius 2 is 1.96 bits per heavy atom. The third-order valence-corrected chi connectivity index (χ3v) is 2.96. The fourth-order valence-electron chi connectivity index (χ4n) is 1.87. The molecule has 2 N–H and O–H groups in total. The molecule has 0 fully saturated rings. The highest BCUT2D eigenvalue weighted by Crippen LogP contribution is 2.12. The Kier molecular flexibility index (Phi) is 9.79. The molecule has 0 aromatic heterocycles. The van der Waals surface area contributed by atoms with Gasteiger partial charge in [0.25, 0.3) is 0 Å². The molecule has 5 nitrogen and oxygen atoms in total. The number of guanidine groups is 1. The largest absolute Gasteiger partial charge is 0.489 e. The molecule has 6 heteroatoms. The molecule has 0 aliphatic carbocycles. The fourth-order valence-corrected chi connectivity index (χ4v) is 1.87. The zero-order valence-electron chi connectivity index (χ0n) is 14.3. The van der Waals surface area contributed by atoms with Crippen LogP contribution in [0.4, 0.5) is 4.39 Å². The van der Waals surface area contributed by atoms with Gasteiger partial charge in [0.15, 0.2) is 5.96 Å². The Labute approximate surface area is 138 Å². The molecule has 0 bridgehead atoms. The first-order chi connectivity index (χ1) is 11.2. The average molecular weight is 325 g/mol. The van der Waals surface area contributed by atoms with Gasteiger partial charge in [0.2, 0.25) is 0 Å². The number of halogens is 1. The smallest absolute Gasteiger partial charge is 0.191 e. The molecule has 0 radical (unpaired) electrons. The molecule has 0 saturated carbocycles. The molecular weight excluding hydrogens is 297 g/mol. The van der Waals surface area contributed by atoms with E-state index in [9.17, 15) is 4.39 Å². The SMILES string of the molecule is CCNC(=NCC(C)Oc1ccc(F)cc1)NCCCOCC. The van der Waals surface area contributed by atoms with Crippen molar-refractivity contribution in [3.05, 3.63) is 30.1 Å². The standard InChI is InChI=1S/C17H28FN3O2/c1-4-19-17(20-11-6-12-22-5-2)21-13-14(3)23-16-9-7-15(18)8-10-16/h7-10,14H,4-6,11-13H2,1-3H3,(H2,19,20,21). The quantitative estimate of drug-likeness (QED) is 0.394. The highest BCUT2D eigenvalue weighted by Gasteiger charge is 2.05. The van der Waals surface area contributed by atoms with Crippen LogP contribution in [0.15, 0.2) is 29.3 Å². The van der Waals surface area contributed by atoms with Crippen molar-refractivity contribution in [2.24, 2.45) is 4.99 Å². The fraction of sp³-hybridized carbons (Fsp3) is 0.588. The summed E-state index contributed by atoms with van der Waals surface area (Å²) in [6, 6.07) is 6.00. The van der Waals surface area contributed by atoms with Crippen LogP contribution in [-0.4, -0.2) is 44.9 Å². The van der Waals surface area contributed by atoms with E-state index in [1.165, 1.54) is 12.1 Å². The van der Waals surface area contributed by atoms with Gasteiger partial charge in [-0.3, -0.25) is 0 Å². The van der Waals surface area contributed by atoms with Crippen LogP contribution in [0, 0.1) is 5.82 Å². The van der Waals surface area contributed by atoms with Crippen molar-refractivity contribution in [2.75, 3.05) is 32.8 Å². The normalized spacial score (nSPS) is 12.8. The van der Waals surface area contributed by atoms with Crippen LogP contribution >= 0.6 is 0 Å². The molecule has 0 aliphatic rings. The maximum atomic E-state index is 12.9. The summed E-state index contributed by atoms with van der Waals surface area (Å²) in [5.41, 5.74) is 0. The summed E-state index contributed by atoms with van der Waals surface area (Å²) in [4.78, 5) is 4.50. The average Bonchev–Trinajstić information content (AvgIpc) is 2.54. The Balaban J connectivity index is 2.37. The monoisotopic (exact) mass is 325 g/mol. The third-order valence-electron chi connectivity index (χ3n) is 2.96. The van der Waals surface area contributed by atoms with Crippen LogP contribution in [0.2, 0.25) is 0 Å². The van der Waals surface area contributed by atoms with Crippen LogP contribution in [0.1, 0.15) is 27.2 Å². The molecule has 23 heavy (non-hydrogen) atoms. The predicted octanol–water partition coefficient (Wildman–Crippen LogP) is 2.57. The van der Waals surface area contributed by atoms with Crippen molar-refractivity contribution in [2.45, 2.75) is 33.3 Å². The summed E-state index contributed by atoms with van der Waals surface area (Å²) in [6.07, 6.45) is 0.833. The minimum absolute atomic E-state index is 0.0978. The van der Waals surface area contributed by atoms with E-state index >= 15 is 0 Å². The van der Waals surface area contributed by atoms with E-state index in [1.807, 2.05) is 20.8 Å². The van der Waals surface area contributed by atoms with E-state index in [1.54, 1.807) is 12.1 Å². The van der Waals surface area contributed by atoms with E-state index in [-0.39, 0.29) is 11.9 Å². The molecule has 0 aliphatic heterocycles. The number of nitrogens with one attached hydrogen (secondary N) is 2. The molecule has 0 spiro atoms. The number of aliphatic imine (C=N–C) groups is 1. The summed E-state index contributed by atoms with van der Waals surface area (Å²) in [5.74, 6) is 1.14. The van der Waals surface area contributed by atoms with Crippen molar-refractivity contribution in [3.63, 3.8) is 0 Å². The van der Waals surface area contributed by atoms with Crippen LogP contribution < -0.4 is 15.4 Å². The number of nitrogens with zero attached hydrogens (tertiary/aromatic N) is 1. The second-order valence-electron chi connectivity index (χ2n) is 5.08. The van der Waals surface area contributed by atoms with E-state index in [0.29, 0.717) is 12.3 Å². The van der Waals surface area contributed by atoms with Gasteiger partial charge in [-0.25, -0.2) is 9.38 Å². The molecule has 1 unspecified atom stereocenters. The number of hydrogen-bond donors (Lipinski definition) is 2. The third kappa shape index (κ3) is 9.03. The van der Waals surface area contributed by atoms with Gasteiger partial charge in [-0.1, -0.05) is 0 Å². The molecular formula is C17H28FN3O2. The van der Waals surface area contributed by atoms with Crippen molar-refractivity contribution in [1.29, 1.82) is 0 Å². The first-order valence-electron chi connectivity index (χ1n) is 8.17.